The Morgan fingerprint density at radius 2 is 1.12 bits per heavy atom. The van der Waals surface area contributed by atoms with E-state index in [1.54, 1.807) is 0 Å². The summed E-state index contributed by atoms with van der Waals surface area (Å²) in [5.41, 5.74) is 0. The summed E-state index contributed by atoms with van der Waals surface area (Å²) in [5.74, 6) is 0.0178. The van der Waals surface area contributed by atoms with E-state index in [1.807, 2.05) is 12.2 Å². The van der Waals surface area contributed by atoms with Gasteiger partial charge in [-0.25, -0.2) is 0 Å². The topological polar surface area (TPSA) is 113 Å². The molecular formula is C44H80O7. The van der Waals surface area contributed by atoms with Crippen molar-refractivity contribution in [3.05, 3.63) is 36.5 Å². The molecule has 0 aliphatic heterocycles. The van der Waals surface area contributed by atoms with Gasteiger partial charge in [0.05, 0.1) is 18.8 Å². The summed E-state index contributed by atoms with van der Waals surface area (Å²) in [6.45, 7) is 6.25. The van der Waals surface area contributed by atoms with Crippen LogP contribution in [-0.2, 0) is 19.1 Å². The second kappa shape index (κ2) is 37.8. The number of ether oxygens (including phenoxy) is 2. The predicted octanol–water partition coefficient (Wildman–Crippen LogP) is 11.0. The monoisotopic (exact) mass is 721 g/mol. The van der Waals surface area contributed by atoms with Crippen molar-refractivity contribution in [3.63, 3.8) is 0 Å². The number of allylic oxidation sites excluding steroid dienone is 5. The largest absolute Gasteiger partial charge is 0.462 e. The SMILES string of the molecule is CCCCC/C=C\C/C=C\C/C=C\CC(O)C(O)CCCC(=O)O[C@@H](CO)COC(=O)CCCCCCCCCCCCCCCCC(C)CC. The highest BCUT2D eigenvalue weighted by Crippen LogP contribution is 2.16. The number of carbonyl (C=O) groups excluding carboxylic acids is 2. The van der Waals surface area contributed by atoms with E-state index in [2.05, 4.69) is 45.1 Å². The van der Waals surface area contributed by atoms with Crippen LogP contribution in [0.3, 0.4) is 0 Å². The maximum absolute atomic E-state index is 12.2. The third-order valence-electron chi connectivity index (χ3n) is 9.68. The zero-order chi connectivity index (χ0) is 37.6. The van der Waals surface area contributed by atoms with Crippen molar-refractivity contribution in [1.29, 1.82) is 0 Å². The second-order valence-corrected chi connectivity index (χ2v) is 14.6. The van der Waals surface area contributed by atoms with Crippen LogP contribution in [0.15, 0.2) is 36.5 Å². The van der Waals surface area contributed by atoms with Crippen molar-refractivity contribution < 1.29 is 34.4 Å². The maximum Gasteiger partial charge on any atom is 0.306 e. The van der Waals surface area contributed by atoms with Gasteiger partial charge in [0.1, 0.15) is 6.61 Å². The first-order valence-corrected chi connectivity index (χ1v) is 21.1. The van der Waals surface area contributed by atoms with Crippen LogP contribution in [-0.4, -0.2) is 58.8 Å². The van der Waals surface area contributed by atoms with Gasteiger partial charge >= 0.3 is 11.9 Å². The molecule has 7 heteroatoms. The van der Waals surface area contributed by atoms with Crippen LogP contribution in [0.2, 0.25) is 0 Å². The van der Waals surface area contributed by atoms with E-state index in [0.717, 1.165) is 44.4 Å². The molecule has 0 spiro atoms. The number of aliphatic hydroxyl groups is 3. The number of carbonyl (C=O) groups is 2. The van der Waals surface area contributed by atoms with Crippen LogP contribution in [0.4, 0.5) is 0 Å². The third-order valence-corrected chi connectivity index (χ3v) is 9.68. The minimum Gasteiger partial charge on any atom is -0.462 e. The molecule has 0 aromatic heterocycles. The molecule has 0 fully saturated rings. The normalized spacial score (nSPS) is 14.4. The summed E-state index contributed by atoms with van der Waals surface area (Å²) in [6.07, 6.45) is 38.0. The molecule has 0 saturated carbocycles. The summed E-state index contributed by atoms with van der Waals surface area (Å²) in [5, 5.41) is 30.0. The van der Waals surface area contributed by atoms with Crippen molar-refractivity contribution in [2.75, 3.05) is 13.2 Å². The molecule has 0 heterocycles. The lowest BCUT2D eigenvalue weighted by atomic mass is 9.99. The Labute approximate surface area is 313 Å². The Balaban J connectivity index is 3.76. The molecule has 0 bridgehead atoms. The Morgan fingerprint density at radius 3 is 1.69 bits per heavy atom. The van der Waals surface area contributed by atoms with Crippen LogP contribution < -0.4 is 0 Å². The fourth-order valence-electron chi connectivity index (χ4n) is 5.93. The predicted molar refractivity (Wildman–Crippen MR) is 213 cm³/mol. The molecule has 0 aliphatic rings. The van der Waals surface area contributed by atoms with Gasteiger partial charge in [0.2, 0.25) is 0 Å². The summed E-state index contributed by atoms with van der Waals surface area (Å²) in [4.78, 5) is 24.3. The Morgan fingerprint density at radius 1 is 0.588 bits per heavy atom. The molecule has 3 N–H and O–H groups in total. The quantitative estimate of drug-likeness (QED) is 0.0332. The molecule has 0 aromatic carbocycles. The van der Waals surface area contributed by atoms with Crippen molar-refractivity contribution in [2.45, 2.75) is 212 Å². The highest BCUT2D eigenvalue weighted by Gasteiger charge is 2.18. The molecule has 0 rings (SSSR count). The molecule has 51 heavy (non-hydrogen) atoms. The zero-order valence-electron chi connectivity index (χ0n) is 33.3. The van der Waals surface area contributed by atoms with Crippen molar-refractivity contribution in [1.82, 2.24) is 0 Å². The number of hydrogen-bond acceptors (Lipinski definition) is 7. The molecular weight excluding hydrogens is 640 g/mol. The Kier molecular flexibility index (Phi) is 36.3. The summed E-state index contributed by atoms with van der Waals surface area (Å²) < 4.78 is 10.5. The fraction of sp³-hybridized carbons (Fsp3) is 0.818. The highest BCUT2D eigenvalue weighted by atomic mass is 16.6. The molecule has 7 nitrogen and oxygen atoms in total. The molecule has 3 unspecified atom stereocenters. The standard InChI is InChI=1S/C44H80O7/c1-4-6-7-8-9-10-11-17-20-23-26-29-33-41(46)42(47)34-31-36-44(49)51-40(37-45)38-50-43(48)35-30-27-24-21-18-15-13-12-14-16-19-22-25-28-32-39(3)5-2/h9-10,17,20,26,29,39-42,45-47H,4-8,11-16,18-19,21-25,27-28,30-38H2,1-3H3/b10-9-,20-17-,29-26-/t39?,40-,41?,42?/m0/s1. The zero-order valence-corrected chi connectivity index (χ0v) is 33.3. The van der Waals surface area contributed by atoms with Crippen molar-refractivity contribution >= 4 is 11.9 Å². The molecule has 0 amide bonds. The molecule has 0 radical (unpaired) electrons. The van der Waals surface area contributed by atoms with Gasteiger partial charge in [0.15, 0.2) is 6.10 Å². The van der Waals surface area contributed by atoms with E-state index < -0.39 is 30.9 Å². The van der Waals surface area contributed by atoms with Gasteiger partial charge in [-0.1, -0.05) is 166 Å². The van der Waals surface area contributed by atoms with E-state index in [1.165, 1.54) is 103 Å². The molecule has 298 valence electrons. The van der Waals surface area contributed by atoms with Crippen LogP contribution >= 0.6 is 0 Å². The first-order chi connectivity index (χ1) is 24.8. The van der Waals surface area contributed by atoms with Crippen LogP contribution in [0.1, 0.15) is 194 Å². The summed E-state index contributed by atoms with van der Waals surface area (Å²) in [7, 11) is 0. The average molecular weight is 721 g/mol. The van der Waals surface area contributed by atoms with Gasteiger partial charge in [0.25, 0.3) is 0 Å². The first kappa shape index (κ1) is 49.0. The number of rotatable bonds is 37. The van der Waals surface area contributed by atoms with Gasteiger partial charge in [0, 0.05) is 12.8 Å². The Hall–Kier alpha value is -1.96. The van der Waals surface area contributed by atoms with Crippen LogP contribution in [0.25, 0.3) is 0 Å². The molecule has 0 aromatic rings. The van der Waals surface area contributed by atoms with E-state index in [0.29, 0.717) is 19.3 Å². The molecule has 4 atom stereocenters. The lowest BCUT2D eigenvalue weighted by Gasteiger charge is -2.17. The summed E-state index contributed by atoms with van der Waals surface area (Å²) in [6, 6.07) is 0. The third kappa shape index (κ3) is 34.9. The van der Waals surface area contributed by atoms with E-state index >= 15 is 0 Å². The molecule has 0 aliphatic carbocycles. The summed E-state index contributed by atoms with van der Waals surface area (Å²) >= 11 is 0. The minimum atomic E-state index is -0.941. The van der Waals surface area contributed by atoms with E-state index in [-0.39, 0.29) is 25.4 Å². The van der Waals surface area contributed by atoms with Gasteiger partial charge in [-0.05, 0) is 57.3 Å². The van der Waals surface area contributed by atoms with E-state index in [4.69, 9.17) is 9.47 Å². The fourth-order valence-corrected chi connectivity index (χ4v) is 5.93. The lowest BCUT2D eigenvalue weighted by Crippen LogP contribution is -2.29. The van der Waals surface area contributed by atoms with Gasteiger partial charge in [-0.3, -0.25) is 9.59 Å². The molecule has 0 saturated heterocycles. The minimum absolute atomic E-state index is 0.0423. The number of esters is 2. The lowest BCUT2D eigenvalue weighted by molar-refractivity contribution is -0.161. The maximum atomic E-state index is 12.2. The number of hydrogen-bond donors (Lipinski definition) is 3. The van der Waals surface area contributed by atoms with Gasteiger partial charge in [-0.15, -0.1) is 0 Å². The van der Waals surface area contributed by atoms with Crippen LogP contribution in [0.5, 0.6) is 0 Å². The second-order valence-electron chi connectivity index (χ2n) is 14.6. The highest BCUT2D eigenvalue weighted by molar-refractivity contribution is 5.70. The average Bonchev–Trinajstić information content (AvgIpc) is 3.13. The first-order valence-electron chi connectivity index (χ1n) is 21.1. The van der Waals surface area contributed by atoms with Crippen LogP contribution in [0, 0.1) is 5.92 Å². The van der Waals surface area contributed by atoms with Gasteiger partial charge < -0.3 is 24.8 Å². The number of unbranched alkanes of at least 4 members (excludes halogenated alkanes) is 16. The van der Waals surface area contributed by atoms with E-state index in [9.17, 15) is 24.9 Å². The smallest absolute Gasteiger partial charge is 0.306 e. The Bertz CT molecular complexity index is 868. The van der Waals surface area contributed by atoms with Crippen molar-refractivity contribution in [2.24, 2.45) is 5.92 Å². The van der Waals surface area contributed by atoms with Crippen molar-refractivity contribution in [3.8, 4) is 0 Å². The number of aliphatic hydroxyl groups excluding tert-OH is 3. The van der Waals surface area contributed by atoms with Gasteiger partial charge in [-0.2, -0.15) is 0 Å².